The van der Waals surface area contributed by atoms with E-state index in [1.165, 1.54) is 11.0 Å². The van der Waals surface area contributed by atoms with Gasteiger partial charge in [0.05, 0.1) is 23.9 Å². The number of carbonyl (C=O) groups excluding carboxylic acids is 1. The fourth-order valence-electron chi connectivity index (χ4n) is 4.26. The molecular formula is C28H34ClN5O3S. The molecule has 0 aliphatic carbocycles. The van der Waals surface area contributed by atoms with Crippen LogP contribution >= 0.6 is 22.9 Å². The standard InChI is InChI=1S/C28H34ClN5O3S/c1-4-10-37-28(35)33-23-14-20(13-21(29)15-23)18-30-26-17-24(34-8-11-36-12-9-34)16-22(32-26)6-7-27-31-19(3)25(5-2)38-27/h4,13-17H,1,5-12,18H2,2-3H3,(H,30,32)(H,33,35). The van der Waals surface area contributed by atoms with Crippen molar-refractivity contribution in [2.24, 2.45) is 0 Å². The SMILES string of the molecule is C=CCOC(=O)Nc1cc(Cl)cc(CNc2cc(N3CCOCC3)cc(CCc3nc(C)c(CC)s3)n2)c1. The lowest BCUT2D eigenvalue weighted by Gasteiger charge is -2.29. The molecule has 2 aromatic heterocycles. The second-order valence-electron chi connectivity index (χ2n) is 8.98. The largest absolute Gasteiger partial charge is 0.445 e. The maximum Gasteiger partial charge on any atom is 0.411 e. The third-order valence-corrected chi connectivity index (χ3v) is 7.68. The van der Waals surface area contributed by atoms with E-state index in [0.717, 1.165) is 65.8 Å². The van der Waals surface area contributed by atoms with E-state index in [-0.39, 0.29) is 6.61 Å². The molecule has 1 amide bonds. The lowest BCUT2D eigenvalue weighted by atomic mass is 10.1. The number of rotatable bonds is 11. The van der Waals surface area contributed by atoms with E-state index in [1.807, 2.05) is 12.1 Å². The topological polar surface area (TPSA) is 88.6 Å². The monoisotopic (exact) mass is 555 g/mol. The molecule has 0 atom stereocenters. The number of anilines is 3. The number of benzene rings is 1. The maximum absolute atomic E-state index is 11.9. The summed E-state index contributed by atoms with van der Waals surface area (Å²) in [5.41, 5.74) is 4.74. The Morgan fingerprint density at radius 2 is 2.03 bits per heavy atom. The molecule has 2 N–H and O–H groups in total. The van der Waals surface area contributed by atoms with Crippen molar-refractivity contribution < 1.29 is 14.3 Å². The minimum Gasteiger partial charge on any atom is -0.445 e. The first-order valence-electron chi connectivity index (χ1n) is 12.8. The van der Waals surface area contributed by atoms with Gasteiger partial charge in [-0.3, -0.25) is 5.32 Å². The van der Waals surface area contributed by atoms with Gasteiger partial charge in [-0.1, -0.05) is 31.2 Å². The van der Waals surface area contributed by atoms with Crippen LogP contribution in [0, 0.1) is 6.92 Å². The van der Waals surface area contributed by atoms with Crippen LogP contribution in [0.25, 0.3) is 0 Å². The molecule has 8 nitrogen and oxygen atoms in total. The van der Waals surface area contributed by atoms with E-state index in [0.29, 0.717) is 30.5 Å². The summed E-state index contributed by atoms with van der Waals surface area (Å²) in [6, 6.07) is 9.65. The minimum absolute atomic E-state index is 0.135. The first kappa shape index (κ1) is 27.9. The predicted octanol–water partition coefficient (Wildman–Crippen LogP) is 6.03. The zero-order chi connectivity index (χ0) is 26.9. The zero-order valence-electron chi connectivity index (χ0n) is 21.9. The van der Waals surface area contributed by atoms with E-state index in [4.69, 9.17) is 31.0 Å². The number of pyridine rings is 1. The number of nitrogens with one attached hydrogen (secondary N) is 2. The van der Waals surface area contributed by atoms with E-state index < -0.39 is 6.09 Å². The molecule has 0 saturated carbocycles. The van der Waals surface area contributed by atoms with Gasteiger partial charge in [-0.05, 0) is 49.6 Å². The van der Waals surface area contributed by atoms with Gasteiger partial charge in [0, 0.05) is 59.1 Å². The van der Waals surface area contributed by atoms with Gasteiger partial charge in [0.1, 0.15) is 12.4 Å². The molecule has 1 aliphatic heterocycles. The highest BCUT2D eigenvalue weighted by Crippen LogP contribution is 2.25. The minimum atomic E-state index is -0.558. The number of aryl methyl sites for hydroxylation is 4. The van der Waals surface area contributed by atoms with Crippen LogP contribution in [0.2, 0.25) is 5.02 Å². The first-order valence-corrected chi connectivity index (χ1v) is 14.0. The van der Waals surface area contributed by atoms with Gasteiger partial charge in [-0.25, -0.2) is 14.8 Å². The second kappa shape index (κ2) is 13.6. The zero-order valence-corrected chi connectivity index (χ0v) is 23.5. The lowest BCUT2D eigenvalue weighted by Crippen LogP contribution is -2.36. The number of aromatic nitrogens is 2. The van der Waals surface area contributed by atoms with Gasteiger partial charge in [0.15, 0.2) is 0 Å². The molecule has 202 valence electrons. The quantitative estimate of drug-likeness (QED) is 0.279. The predicted molar refractivity (Wildman–Crippen MR) is 155 cm³/mol. The summed E-state index contributed by atoms with van der Waals surface area (Å²) >= 11 is 8.12. The Bertz CT molecular complexity index is 1260. The molecule has 1 saturated heterocycles. The van der Waals surface area contributed by atoms with Crippen LogP contribution in [0.3, 0.4) is 0 Å². The normalized spacial score (nSPS) is 13.3. The van der Waals surface area contributed by atoms with Crippen molar-refractivity contribution in [1.82, 2.24) is 9.97 Å². The fourth-order valence-corrected chi connectivity index (χ4v) is 5.52. The summed E-state index contributed by atoms with van der Waals surface area (Å²) in [6.45, 7) is 11.5. The van der Waals surface area contributed by atoms with Crippen molar-refractivity contribution in [3.8, 4) is 0 Å². The molecule has 10 heteroatoms. The third-order valence-electron chi connectivity index (χ3n) is 6.10. The average Bonchev–Trinajstić information content (AvgIpc) is 3.29. The van der Waals surface area contributed by atoms with Crippen molar-refractivity contribution in [1.29, 1.82) is 0 Å². The molecule has 0 radical (unpaired) electrons. The molecule has 38 heavy (non-hydrogen) atoms. The van der Waals surface area contributed by atoms with E-state index in [1.54, 1.807) is 17.4 Å². The fraction of sp³-hybridized carbons (Fsp3) is 0.393. The van der Waals surface area contributed by atoms with Gasteiger partial charge in [-0.15, -0.1) is 11.3 Å². The van der Waals surface area contributed by atoms with Crippen molar-refractivity contribution in [3.63, 3.8) is 0 Å². The van der Waals surface area contributed by atoms with Gasteiger partial charge in [0.25, 0.3) is 0 Å². The van der Waals surface area contributed by atoms with Gasteiger partial charge in [0.2, 0.25) is 0 Å². The van der Waals surface area contributed by atoms with Crippen molar-refractivity contribution >= 4 is 46.2 Å². The third kappa shape index (κ3) is 7.93. The highest BCUT2D eigenvalue weighted by Gasteiger charge is 2.15. The number of hydrogen-bond donors (Lipinski definition) is 2. The van der Waals surface area contributed by atoms with Crippen LogP contribution < -0.4 is 15.5 Å². The highest BCUT2D eigenvalue weighted by atomic mass is 35.5. The van der Waals surface area contributed by atoms with Gasteiger partial charge in [-0.2, -0.15) is 0 Å². The Morgan fingerprint density at radius 3 is 2.76 bits per heavy atom. The number of ether oxygens (including phenoxy) is 2. The number of carbonyl (C=O) groups is 1. The van der Waals surface area contributed by atoms with Crippen LogP contribution in [0.1, 0.15) is 33.8 Å². The van der Waals surface area contributed by atoms with Crippen molar-refractivity contribution in [2.45, 2.75) is 39.7 Å². The second-order valence-corrected chi connectivity index (χ2v) is 10.6. The molecule has 1 aromatic carbocycles. The van der Waals surface area contributed by atoms with Crippen molar-refractivity contribution in [3.05, 3.63) is 74.8 Å². The van der Waals surface area contributed by atoms with Gasteiger partial charge >= 0.3 is 6.09 Å². The maximum atomic E-state index is 11.9. The summed E-state index contributed by atoms with van der Waals surface area (Å²) in [5, 5.41) is 7.81. The molecule has 0 spiro atoms. The molecule has 3 heterocycles. The number of hydrogen-bond acceptors (Lipinski definition) is 8. The van der Waals surface area contributed by atoms with Crippen LogP contribution in [-0.2, 0) is 35.3 Å². The average molecular weight is 556 g/mol. The number of amides is 1. The van der Waals surface area contributed by atoms with E-state index in [9.17, 15) is 4.79 Å². The number of morpholine rings is 1. The molecule has 0 unspecified atom stereocenters. The van der Waals surface area contributed by atoms with Crippen LogP contribution in [0.15, 0.2) is 43.0 Å². The summed E-state index contributed by atoms with van der Waals surface area (Å²) in [5.74, 6) is 0.786. The van der Waals surface area contributed by atoms with E-state index in [2.05, 4.69) is 48.1 Å². The summed E-state index contributed by atoms with van der Waals surface area (Å²) in [4.78, 5) is 25.3. The Labute approximate surface area is 233 Å². The summed E-state index contributed by atoms with van der Waals surface area (Å²) < 4.78 is 10.6. The summed E-state index contributed by atoms with van der Waals surface area (Å²) in [6.07, 6.45) is 3.63. The molecule has 1 aliphatic rings. The molecule has 1 fully saturated rings. The summed E-state index contributed by atoms with van der Waals surface area (Å²) in [7, 11) is 0. The molecular weight excluding hydrogens is 522 g/mol. The Hall–Kier alpha value is -3.14. The van der Waals surface area contributed by atoms with Crippen LogP contribution in [0.4, 0.5) is 22.0 Å². The van der Waals surface area contributed by atoms with Gasteiger partial charge < -0.3 is 19.7 Å². The number of nitrogens with zero attached hydrogens (tertiary/aromatic N) is 3. The smallest absolute Gasteiger partial charge is 0.411 e. The van der Waals surface area contributed by atoms with Crippen molar-refractivity contribution in [2.75, 3.05) is 48.4 Å². The Balaban J connectivity index is 1.49. The highest BCUT2D eigenvalue weighted by molar-refractivity contribution is 7.11. The Kier molecular flexibility index (Phi) is 9.98. The number of halogens is 1. The van der Waals surface area contributed by atoms with Crippen LogP contribution in [0.5, 0.6) is 0 Å². The molecule has 0 bridgehead atoms. The molecule has 4 rings (SSSR count). The number of thiazole rings is 1. The first-order chi connectivity index (χ1) is 18.4. The van der Waals surface area contributed by atoms with Crippen LogP contribution in [-0.4, -0.2) is 49.0 Å². The molecule has 3 aromatic rings. The Morgan fingerprint density at radius 1 is 1.21 bits per heavy atom. The lowest BCUT2D eigenvalue weighted by molar-refractivity contribution is 0.122. The van der Waals surface area contributed by atoms with E-state index >= 15 is 0 Å².